The number of nitrogens with zero attached hydrogens (tertiary/aromatic N) is 2. The van der Waals surface area contributed by atoms with E-state index in [-0.39, 0.29) is 42.3 Å². The predicted octanol–water partition coefficient (Wildman–Crippen LogP) is 3.12. The van der Waals surface area contributed by atoms with Gasteiger partial charge in [0.1, 0.15) is 24.2 Å². The normalized spacial score (nSPS) is 20.5. The third kappa shape index (κ3) is 4.55. The average molecular weight is 571 g/mol. The van der Waals surface area contributed by atoms with Gasteiger partial charge in [0.25, 0.3) is 5.91 Å². The summed E-state index contributed by atoms with van der Waals surface area (Å²) in [5.74, 6) is -6.35. The van der Waals surface area contributed by atoms with E-state index in [1.54, 1.807) is 24.3 Å². The summed E-state index contributed by atoms with van der Waals surface area (Å²) in [6.45, 7) is 2.67. The molecule has 0 radical (unpaired) electrons. The summed E-state index contributed by atoms with van der Waals surface area (Å²) < 4.78 is 42.4. The summed E-state index contributed by atoms with van der Waals surface area (Å²) in [7, 11) is 1.35. The number of fused-ring (bicyclic) bond motifs is 3. The molecule has 5 rings (SSSR count). The summed E-state index contributed by atoms with van der Waals surface area (Å²) in [5.41, 5.74) is -0.800. The van der Waals surface area contributed by atoms with Gasteiger partial charge in [0, 0.05) is 30.7 Å². The lowest BCUT2D eigenvalue weighted by Gasteiger charge is -2.34. The molecule has 216 valence electrons. The van der Waals surface area contributed by atoms with Gasteiger partial charge in [-0.3, -0.25) is 19.2 Å². The molecule has 1 saturated heterocycles. The first kappa shape index (κ1) is 28.3. The number of H-pyrrole nitrogens is 1. The number of likely N-dealkylation sites (tertiary alicyclic amines) is 1. The number of likely N-dealkylation sites (N-methyl/N-ethyl adjacent to an activating group) is 1. The molecule has 2 aliphatic rings. The van der Waals surface area contributed by atoms with Crippen LogP contribution in [0, 0.1) is 23.4 Å². The second-order valence-corrected chi connectivity index (χ2v) is 11.1. The number of aromatic amines is 1. The van der Waals surface area contributed by atoms with Gasteiger partial charge in [-0.25, -0.2) is 13.2 Å². The Hall–Kier alpha value is -4.19. The van der Waals surface area contributed by atoms with Gasteiger partial charge in [0.05, 0.1) is 17.0 Å². The lowest BCUT2D eigenvalue weighted by molar-refractivity contribution is -0.142. The Labute approximate surface area is 233 Å². The number of anilines is 1. The molecule has 2 aromatic carbocycles. The molecule has 9 nitrogen and oxygen atoms in total. The molecular weight excluding hydrogens is 541 g/mol. The lowest BCUT2D eigenvalue weighted by Crippen LogP contribution is -2.53. The van der Waals surface area contributed by atoms with Crippen molar-refractivity contribution in [2.75, 3.05) is 25.5 Å². The van der Waals surface area contributed by atoms with E-state index in [0.29, 0.717) is 17.3 Å². The fourth-order valence-corrected chi connectivity index (χ4v) is 5.96. The number of aliphatic hydroxyl groups excluding tert-OH is 1. The van der Waals surface area contributed by atoms with Gasteiger partial charge in [-0.1, -0.05) is 32.0 Å². The zero-order valence-electron chi connectivity index (χ0n) is 22.6. The Bertz CT molecular complexity index is 1590. The van der Waals surface area contributed by atoms with Crippen LogP contribution in [0.1, 0.15) is 42.7 Å². The van der Waals surface area contributed by atoms with Crippen LogP contribution in [0.4, 0.5) is 18.9 Å². The summed E-state index contributed by atoms with van der Waals surface area (Å²) >= 11 is 0. The highest BCUT2D eigenvalue weighted by Gasteiger charge is 2.58. The van der Waals surface area contributed by atoms with E-state index in [4.69, 9.17) is 0 Å². The molecule has 12 heteroatoms. The van der Waals surface area contributed by atoms with E-state index in [1.165, 1.54) is 11.9 Å². The molecule has 1 fully saturated rings. The average Bonchev–Trinajstić information content (AvgIpc) is 3.64. The molecule has 41 heavy (non-hydrogen) atoms. The molecule has 3 heterocycles. The number of halogens is 3. The summed E-state index contributed by atoms with van der Waals surface area (Å²) in [6.07, 6.45) is 0.115. The van der Waals surface area contributed by atoms with E-state index >= 15 is 0 Å². The van der Waals surface area contributed by atoms with Crippen LogP contribution in [0.2, 0.25) is 0 Å². The fraction of sp³-hybridized carbons (Fsp3) is 0.379. The van der Waals surface area contributed by atoms with Gasteiger partial charge < -0.3 is 25.2 Å². The Kier molecular flexibility index (Phi) is 7.14. The van der Waals surface area contributed by atoms with E-state index in [1.807, 2.05) is 13.8 Å². The molecule has 0 bridgehead atoms. The van der Waals surface area contributed by atoms with Crippen LogP contribution in [0.25, 0.3) is 10.9 Å². The number of hydrogen-bond acceptors (Lipinski definition) is 5. The first-order chi connectivity index (χ1) is 19.4. The number of amides is 3. The third-order valence-corrected chi connectivity index (χ3v) is 8.05. The number of carbonyl (C=O) groups is 4. The predicted molar refractivity (Wildman–Crippen MR) is 142 cm³/mol. The minimum Gasteiger partial charge on any atom is -0.389 e. The number of carbonyl (C=O) groups excluding carboxylic acids is 4. The van der Waals surface area contributed by atoms with Gasteiger partial charge in [0.15, 0.2) is 17.4 Å². The SMILES string of the molecule is CC(C)C[C@@H](C(=O)N1C[C@]2(C[C@H]1C(=O)CO)C(=O)Nc1ccccc12)N(C)C(=O)c1cc2c(F)cc(F)c(F)c2[nH]1. The van der Waals surface area contributed by atoms with Crippen LogP contribution in [-0.2, 0) is 19.8 Å². The number of para-hydroxylation sites is 1. The number of benzene rings is 2. The number of aliphatic hydroxyl groups is 1. The fourth-order valence-electron chi connectivity index (χ4n) is 5.96. The van der Waals surface area contributed by atoms with Crippen molar-refractivity contribution < 1.29 is 37.5 Å². The molecule has 3 atom stereocenters. The second kappa shape index (κ2) is 10.3. The number of ketones is 1. The molecular formula is C29H29F3N4O5. The van der Waals surface area contributed by atoms with Crippen LogP contribution < -0.4 is 5.32 Å². The highest BCUT2D eigenvalue weighted by molar-refractivity contribution is 6.09. The zero-order chi connectivity index (χ0) is 29.8. The Morgan fingerprint density at radius 2 is 1.85 bits per heavy atom. The highest BCUT2D eigenvalue weighted by Crippen LogP contribution is 2.47. The van der Waals surface area contributed by atoms with Crippen LogP contribution >= 0.6 is 0 Å². The second-order valence-electron chi connectivity index (χ2n) is 11.1. The number of aromatic nitrogens is 1. The van der Waals surface area contributed by atoms with Gasteiger partial charge in [-0.05, 0) is 36.5 Å². The van der Waals surface area contributed by atoms with E-state index < -0.39 is 64.7 Å². The van der Waals surface area contributed by atoms with Crippen molar-refractivity contribution >= 4 is 40.1 Å². The molecule has 3 N–H and O–H groups in total. The minimum absolute atomic E-state index is 0.0425. The third-order valence-electron chi connectivity index (χ3n) is 8.05. The molecule has 1 spiro atoms. The monoisotopic (exact) mass is 570 g/mol. The Balaban J connectivity index is 1.51. The Morgan fingerprint density at radius 3 is 2.54 bits per heavy atom. The summed E-state index contributed by atoms with van der Waals surface area (Å²) in [5, 5.41) is 12.2. The van der Waals surface area contributed by atoms with Crippen molar-refractivity contribution in [2.24, 2.45) is 5.92 Å². The van der Waals surface area contributed by atoms with Crippen LogP contribution in [0.15, 0.2) is 36.4 Å². The quantitative estimate of drug-likeness (QED) is 0.377. The largest absolute Gasteiger partial charge is 0.389 e. The number of rotatable bonds is 7. The van der Waals surface area contributed by atoms with Crippen LogP contribution in [0.5, 0.6) is 0 Å². The van der Waals surface area contributed by atoms with Gasteiger partial charge in [-0.15, -0.1) is 0 Å². The lowest BCUT2D eigenvalue weighted by atomic mass is 9.79. The molecule has 1 aromatic heterocycles. The molecule has 0 saturated carbocycles. The summed E-state index contributed by atoms with van der Waals surface area (Å²) in [4.78, 5) is 58.6. The maximum Gasteiger partial charge on any atom is 0.270 e. The maximum atomic E-state index is 14.3. The number of hydrogen-bond donors (Lipinski definition) is 3. The first-order valence-electron chi connectivity index (χ1n) is 13.2. The Morgan fingerprint density at radius 1 is 1.15 bits per heavy atom. The standard InChI is InChI=1S/C29H29F3N4O5/c1-14(2)8-21(35(3)26(39)20-9-15-17(30)10-18(31)24(32)25(15)33-20)27(40)36-13-29(11-22(36)23(38)12-37)16-6-4-5-7-19(16)34-28(29)41/h4-7,9-10,14,21-22,33,37H,8,11-13H2,1-3H3,(H,34,41)/t21-,22-,29-/m0/s1. The number of nitrogens with one attached hydrogen (secondary N) is 2. The van der Waals surface area contributed by atoms with E-state index in [0.717, 1.165) is 11.0 Å². The topological polar surface area (TPSA) is 123 Å². The maximum absolute atomic E-state index is 14.3. The van der Waals surface area contributed by atoms with Crippen LogP contribution in [0.3, 0.4) is 0 Å². The van der Waals surface area contributed by atoms with Crippen molar-refractivity contribution in [1.29, 1.82) is 0 Å². The van der Waals surface area contributed by atoms with E-state index in [2.05, 4.69) is 10.3 Å². The molecule has 3 amide bonds. The van der Waals surface area contributed by atoms with Crippen molar-refractivity contribution in [2.45, 2.75) is 44.2 Å². The summed E-state index contributed by atoms with van der Waals surface area (Å²) in [6, 6.07) is 6.15. The molecule has 2 aliphatic heterocycles. The van der Waals surface area contributed by atoms with Crippen molar-refractivity contribution in [3.05, 3.63) is 65.1 Å². The number of Topliss-reactive ketones (excluding diaryl/α,β-unsaturated/α-hetero) is 1. The van der Waals surface area contributed by atoms with Crippen molar-refractivity contribution in [3.63, 3.8) is 0 Å². The van der Waals surface area contributed by atoms with Gasteiger partial charge >= 0.3 is 0 Å². The van der Waals surface area contributed by atoms with Crippen LogP contribution in [-0.4, -0.2) is 75.7 Å². The van der Waals surface area contributed by atoms with E-state index in [9.17, 15) is 37.5 Å². The molecule has 3 aromatic rings. The van der Waals surface area contributed by atoms with Crippen molar-refractivity contribution in [3.8, 4) is 0 Å². The minimum atomic E-state index is -1.42. The first-order valence-corrected chi connectivity index (χ1v) is 13.2. The molecule has 0 aliphatic carbocycles. The smallest absolute Gasteiger partial charge is 0.270 e. The highest BCUT2D eigenvalue weighted by atomic mass is 19.2. The van der Waals surface area contributed by atoms with Gasteiger partial charge in [-0.2, -0.15) is 0 Å². The zero-order valence-corrected chi connectivity index (χ0v) is 22.6. The molecule has 0 unspecified atom stereocenters. The van der Waals surface area contributed by atoms with Gasteiger partial charge in [0.2, 0.25) is 11.8 Å². The van der Waals surface area contributed by atoms with Crippen molar-refractivity contribution in [1.82, 2.24) is 14.8 Å².